The molecule has 0 N–H and O–H groups in total. The van der Waals surface area contributed by atoms with E-state index in [1.165, 1.54) is 7.11 Å². The van der Waals surface area contributed by atoms with Gasteiger partial charge in [0.05, 0.1) is 7.11 Å². The first-order chi connectivity index (χ1) is 12.5. The van der Waals surface area contributed by atoms with Crippen LogP contribution in [0.1, 0.15) is 68.7 Å². The molecule has 160 valence electrons. The minimum Gasteiger partial charge on any atom is -0.483 e. The van der Waals surface area contributed by atoms with Gasteiger partial charge in [0.2, 0.25) is 5.90 Å². The second kappa shape index (κ2) is 8.13. The second-order valence-electron chi connectivity index (χ2n) is 10.1. The minimum atomic E-state index is -0.665. The van der Waals surface area contributed by atoms with E-state index < -0.39 is 35.5 Å². The topological polar surface area (TPSA) is 77.4 Å². The van der Waals surface area contributed by atoms with Gasteiger partial charge in [-0.1, -0.05) is 27.4 Å². The maximum absolute atomic E-state index is 13.0. The van der Waals surface area contributed by atoms with Crippen LogP contribution in [-0.4, -0.2) is 53.4 Å². The molecule has 0 aliphatic carbocycles. The Morgan fingerprint density at radius 1 is 1.00 bits per heavy atom. The Morgan fingerprint density at radius 2 is 1.50 bits per heavy atom. The first-order valence-electron chi connectivity index (χ1n) is 9.50. The van der Waals surface area contributed by atoms with E-state index in [1.807, 2.05) is 20.8 Å². The Balaban J connectivity index is 3.19. The van der Waals surface area contributed by atoms with Crippen LogP contribution < -0.4 is 0 Å². The molecule has 7 heteroatoms. The molecule has 2 atom stereocenters. The van der Waals surface area contributed by atoms with Gasteiger partial charge in [-0.3, -0.25) is 4.90 Å². The van der Waals surface area contributed by atoms with E-state index in [-0.39, 0.29) is 17.4 Å². The highest BCUT2D eigenvalue weighted by Crippen LogP contribution is 2.35. The fourth-order valence-corrected chi connectivity index (χ4v) is 2.75. The van der Waals surface area contributed by atoms with Gasteiger partial charge in [-0.25, -0.2) is 14.6 Å². The molecule has 0 aromatic heterocycles. The second-order valence-corrected chi connectivity index (χ2v) is 10.1. The molecule has 1 amide bonds. The number of amides is 1. The van der Waals surface area contributed by atoms with Crippen LogP contribution in [0.5, 0.6) is 0 Å². The summed E-state index contributed by atoms with van der Waals surface area (Å²) in [6.45, 7) is 20.6. The molecule has 0 spiro atoms. The normalized spacial score (nSPS) is 20.5. The SMILES string of the molecule is C=C(C[C@H]1C(OC)=N[C@H](C(C)(C)C)N1C(=O)OC(C)(C)C)C(=O)OC(C)(C)C. The van der Waals surface area contributed by atoms with Crippen LogP contribution in [0.4, 0.5) is 4.79 Å². The number of methoxy groups -OCH3 is 1. The summed E-state index contributed by atoms with van der Waals surface area (Å²) < 4.78 is 16.4. The fourth-order valence-electron chi connectivity index (χ4n) is 2.75. The summed E-state index contributed by atoms with van der Waals surface area (Å²) in [5, 5.41) is 0. The van der Waals surface area contributed by atoms with E-state index in [2.05, 4.69) is 11.6 Å². The molecule has 1 rings (SSSR count). The molecule has 7 nitrogen and oxygen atoms in total. The first kappa shape index (κ1) is 24.0. The van der Waals surface area contributed by atoms with Gasteiger partial charge in [0.15, 0.2) is 0 Å². The highest BCUT2D eigenvalue weighted by molar-refractivity contribution is 5.93. The average Bonchev–Trinajstić information content (AvgIpc) is 2.82. The third kappa shape index (κ3) is 6.53. The Hall–Kier alpha value is -2.05. The van der Waals surface area contributed by atoms with Crippen molar-refractivity contribution in [1.82, 2.24) is 4.90 Å². The number of carbonyl (C=O) groups excluding carboxylic acids is 2. The van der Waals surface area contributed by atoms with E-state index in [4.69, 9.17) is 14.2 Å². The van der Waals surface area contributed by atoms with Gasteiger partial charge in [0.1, 0.15) is 23.4 Å². The molecule has 0 saturated carbocycles. The summed E-state index contributed by atoms with van der Waals surface area (Å²) in [5.41, 5.74) is -1.41. The number of ether oxygens (including phenoxy) is 3. The van der Waals surface area contributed by atoms with Crippen LogP contribution >= 0.6 is 0 Å². The molecule has 0 unspecified atom stereocenters. The lowest BCUT2D eigenvalue weighted by Crippen LogP contribution is -2.51. The number of aliphatic imine (C=N–C) groups is 1. The predicted octanol–water partition coefficient (Wildman–Crippen LogP) is 4.31. The fraction of sp³-hybridized carbons (Fsp3) is 0.762. The Kier molecular flexibility index (Phi) is 6.97. The lowest BCUT2D eigenvalue weighted by molar-refractivity contribution is -0.150. The summed E-state index contributed by atoms with van der Waals surface area (Å²) in [4.78, 5) is 31.5. The highest BCUT2D eigenvalue weighted by Gasteiger charge is 2.47. The van der Waals surface area contributed by atoms with E-state index >= 15 is 0 Å². The number of nitrogens with zero attached hydrogens (tertiary/aromatic N) is 2. The zero-order valence-electron chi connectivity index (χ0n) is 19.0. The van der Waals surface area contributed by atoms with Crippen molar-refractivity contribution in [3.63, 3.8) is 0 Å². The minimum absolute atomic E-state index is 0.146. The summed E-state index contributed by atoms with van der Waals surface area (Å²) >= 11 is 0. The van der Waals surface area contributed by atoms with Crippen molar-refractivity contribution in [2.75, 3.05) is 7.11 Å². The maximum atomic E-state index is 13.0. The van der Waals surface area contributed by atoms with Crippen molar-refractivity contribution in [2.24, 2.45) is 10.4 Å². The van der Waals surface area contributed by atoms with Gasteiger partial charge >= 0.3 is 12.1 Å². The quantitative estimate of drug-likeness (QED) is 0.525. The lowest BCUT2D eigenvalue weighted by atomic mass is 9.91. The van der Waals surface area contributed by atoms with E-state index in [1.54, 1.807) is 46.4 Å². The maximum Gasteiger partial charge on any atom is 0.412 e. The van der Waals surface area contributed by atoms with Crippen LogP contribution in [0.25, 0.3) is 0 Å². The molecular formula is C21H36N2O5. The van der Waals surface area contributed by atoms with Crippen molar-refractivity contribution in [3.05, 3.63) is 12.2 Å². The van der Waals surface area contributed by atoms with Gasteiger partial charge in [0, 0.05) is 17.4 Å². The molecule has 0 fully saturated rings. The lowest BCUT2D eigenvalue weighted by Gasteiger charge is -2.37. The van der Waals surface area contributed by atoms with Crippen LogP contribution in [0, 0.1) is 5.41 Å². The van der Waals surface area contributed by atoms with Gasteiger partial charge in [0.25, 0.3) is 0 Å². The van der Waals surface area contributed by atoms with Crippen LogP contribution in [0.3, 0.4) is 0 Å². The van der Waals surface area contributed by atoms with Crippen molar-refractivity contribution >= 4 is 18.0 Å². The van der Waals surface area contributed by atoms with Crippen molar-refractivity contribution in [3.8, 4) is 0 Å². The van der Waals surface area contributed by atoms with E-state index in [0.717, 1.165) is 0 Å². The standard InChI is InChI=1S/C21H36N2O5/c1-13(16(24)27-20(5,6)7)12-14-15(26-11)22-17(19(2,3)4)23(14)18(25)28-21(8,9)10/h14,17H,1,12H2,2-11H3/t14-,17-/m0/s1. The molecule has 1 aliphatic rings. The first-order valence-corrected chi connectivity index (χ1v) is 9.50. The Bertz CT molecular complexity index is 647. The molecule has 0 bridgehead atoms. The Morgan fingerprint density at radius 3 is 1.89 bits per heavy atom. The van der Waals surface area contributed by atoms with Crippen LogP contribution in [0.2, 0.25) is 0 Å². The summed E-state index contributed by atoms with van der Waals surface area (Å²) in [6.07, 6.45) is -0.855. The number of esters is 1. The largest absolute Gasteiger partial charge is 0.483 e. The molecule has 1 heterocycles. The van der Waals surface area contributed by atoms with Gasteiger partial charge < -0.3 is 14.2 Å². The number of hydrogen-bond acceptors (Lipinski definition) is 6. The molecule has 0 radical (unpaired) electrons. The number of rotatable bonds is 3. The van der Waals surface area contributed by atoms with Gasteiger partial charge in [-0.05, 0) is 41.5 Å². The van der Waals surface area contributed by atoms with Crippen LogP contribution in [-0.2, 0) is 19.0 Å². The zero-order chi connectivity index (χ0) is 22.1. The average molecular weight is 397 g/mol. The van der Waals surface area contributed by atoms with Crippen molar-refractivity contribution in [1.29, 1.82) is 0 Å². The summed E-state index contributed by atoms with van der Waals surface area (Å²) in [6, 6.07) is -0.593. The van der Waals surface area contributed by atoms with Crippen molar-refractivity contribution < 1.29 is 23.8 Å². The molecule has 28 heavy (non-hydrogen) atoms. The smallest absolute Gasteiger partial charge is 0.412 e. The van der Waals surface area contributed by atoms with E-state index in [9.17, 15) is 9.59 Å². The van der Waals surface area contributed by atoms with Crippen molar-refractivity contribution in [2.45, 2.75) is 92.1 Å². The molecule has 0 aromatic carbocycles. The molecular weight excluding hydrogens is 360 g/mol. The zero-order valence-corrected chi connectivity index (χ0v) is 19.0. The summed E-state index contributed by atoms with van der Waals surface area (Å²) in [7, 11) is 1.50. The van der Waals surface area contributed by atoms with Gasteiger partial charge in [-0.2, -0.15) is 0 Å². The predicted molar refractivity (Wildman–Crippen MR) is 109 cm³/mol. The number of hydrogen-bond donors (Lipinski definition) is 0. The van der Waals surface area contributed by atoms with Crippen LogP contribution in [0.15, 0.2) is 17.1 Å². The molecule has 0 aromatic rings. The van der Waals surface area contributed by atoms with E-state index in [0.29, 0.717) is 5.90 Å². The van der Waals surface area contributed by atoms with Gasteiger partial charge in [-0.15, -0.1) is 0 Å². The Labute approximate surface area is 169 Å². The monoisotopic (exact) mass is 396 g/mol. The third-order valence-corrected chi connectivity index (χ3v) is 3.85. The molecule has 1 aliphatic heterocycles. The number of carbonyl (C=O) groups is 2. The molecule has 0 saturated heterocycles. The summed E-state index contributed by atoms with van der Waals surface area (Å²) in [5.74, 6) is -0.137. The highest BCUT2D eigenvalue weighted by atomic mass is 16.6. The third-order valence-electron chi connectivity index (χ3n) is 3.85.